The Kier molecular flexibility index (Phi) is 9.54. The Balaban J connectivity index is 1.24. The van der Waals surface area contributed by atoms with E-state index in [9.17, 15) is 0 Å². The van der Waals surface area contributed by atoms with Crippen LogP contribution in [0.3, 0.4) is 0 Å². The Morgan fingerprint density at radius 3 is 1.71 bits per heavy atom. The molecule has 2 saturated heterocycles. The highest BCUT2D eigenvalue weighted by Crippen LogP contribution is 2.72. The first-order valence-electron chi connectivity index (χ1n) is 22.4. The fourth-order valence-electron chi connectivity index (χ4n) is 15.2. The van der Waals surface area contributed by atoms with Crippen molar-refractivity contribution in [2.45, 2.75) is 208 Å². The Morgan fingerprint density at radius 2 is 1.06 bits per heavy atom. The first kappa shape index (κ1) is 35.9. The summed E-state index contributed by atoms with van der Waals surface area (Å²) in [5.74, 6) is 8.19. The van der Waals surface area contributed by atoms with Crippen molar-refractivity contribution >= 4 is 0 Å². The molecule has 3 heteroatoms. The van der Waals surface area contributed by atoms with E-state index in [1.165, 1.54) is 109 Å². The number of hydrogen-bond donors (Lipinski definition) is 0. The van der Waals surface area contributed by atoms with Crippen LogP contribution in [-0.4, -0.2) is 30.2 Å². The maximum atomic E-state index is 8.02. The zero-order chi connectivity index (χ0) is 34.5. The molecule has 0 aromatic carbocycles. The molecular formula is C46H78O3. The summed E-state index contributed by atoms with van der Waals surface area (Å²) in [5, 5.41) is 0. The zero-order valence-corrected chi connectivity index (χ0v) is 33.6. The van der Waals surface area contributed by atoms with Crippen LogP contribution in [0.5, 0.6) is 0 Å². The molecule has 15 atom stereocenters. The van der Waals surface area contributed by atoms with Crippen LogP contribution in [0.4, 0.5) is 0 Å². The van der Waals surface area contributed by atoms with Gasteiger partial charge in [0.2, 0.25) is 0 Å². The second-order valence-electron chi connectivity index (χ2n) is 21.4. The summed E-state index contributed by atoms with van der Waals surface area (Å²) in [5.41, 5.74) is 0.822. The summed E-state index contributed by atoms with van der Waals surface area (Å²) < 4.78 is 23.4. The molecule has 8 rings (SSSR count). The highest BCUT2D eigenvalue weighted by Gasteiger charge is 2.73. The van der Waals surface area contributed by atoms with Crippen LogP contribution in [0.15, 0.2) is 0 Å². The molecule has 0 amide bonds. The molecule has 15 unspecified atom stereocenters. The highest BCUT2D eigenvalue weighted by molar-refractivity contribution is 5.18. The standard InChI is InChI=1S/C46H78O3/c1-10-44(8,11-2)37-27-38(45(9,12-3)13-4)49-46(48-37)33-22-18-29-26-30(43(5,6)7)20-21-32(29)39(33)41-34(46)23-25-36-42(41)40-31-17-15-14-16-28(31)19-24-35(40)47-36/h28-42H,10-27H2,1-9H3. The predicted octanol–water partition coefficient (Wildman–Crippen LogP) is 12.3. The summed E-state index contributed by atoms with van der Waals surface area (Å²) in [6.45, 7) is 22.5. The third kappa shape index (κ3) is 5.54. The van der Waals surface area contributed by atoms with Crippen molar-refractivity contribution in [3.63, 3.8) is 0 Å². The van der Waals surface area contributed by atoms with E-state index in [2.05, 4.69) is 62.3 Å². The third-order valence-electron chi connectivity index (χ3n) is 19.0. The van der Waals surface area contributed by atoms with Crippen LogP contribution in [0.25, 0.3) is 0 Å². The molecule has 0 bridgehead atoms. The summed E-state index contributed by atoms with van der Waals surface area (Å²) in [7, 11) is 0. The van der Waals surface area contributed by atoms with E-state index >= 15 is 0 Å². The van der Waals surface area contributed by atoms with E-state index < -0.39 is 5.79 Å². The van der Waals surface area contributed by atoms with Gasteiger partial charge in [-0.25, -0.2) is 0 Å². The van der Waals surface area contributed by atoms with E-state index in [0.717, 1.165) is 59.7 Å². The van der Waals surface area contributed by atoms with Crippen LogP contribution in [0.1, 0.15) is 178 Å². The van der Waals surface area contributed by atoms with Gasteiger partial charge >= 0.3 is 0 Å². The molecule has 0 aromatic heterocycles. The SMILES string of the molecule is CCC(C)(CC)C1CC(C(C)(CC)CC)OC2(O1)C1CCC3CC(C(C)(C)C)CCC3C1C1C3C(CCC12)OC1CCC2CCCCC2C13. The lowest BCUT2D eigenvalue weighted by Gasteiger charge is -2.58. The van der Waals surface area contributed by atoms with Crippen molar-refractivity contribution in [1.82, 2.24) is 0 Å². The second-order valence-corrected chi connectivity index (χ2v) is 21.4. The largest absolute Gasteiger partial charge is 0.374 e. The average molecular weight is 679 g/mol. The van der Waals surface area contributed by atoms with E-state index in [-0.39, 0.29) is 23.0 Å². The van der Waals surface area contributed by atoms with E-state index in [0.29, 0.717) is 29.5 Å². The number of fused-ring (bicyclic) bond motifs is 13. The van der Waals surface area contributed by atoms with Crippen LogP contribution in [0.2, 0.25) is 0 Å². The molecule has 0 radical (unpaired) electrons. The lowest BCUT2D eigenvalue weighted by molar-refractivity contribution is -0.385. The molecule has 6 aliphatic carbocycles. The molecule has 280 valence electrons. The minimum Gasteiger partial charge on any atom is -0.374 e. The molecular weight excluding hydrogens is 601 g/mol. The van der Waals surface area contributed by atoms with Crippen molar-refractivity contribution in [3.05, 3.63) is 0 Å². The van der Waals surface area contributed by atoms with Gasteiger partial charge in [-0.15, -0.1) is 0 Å². The zero-order valence-electron chi connectivity index (χ0n) is 33.6. The topological polar surface area (TPSA) is 27.7 Å². The smallest absolute Gasteiger partial charge is 0.175 e. The Labute approximate surface area is 302 Å². The minimum absolute atomic E-state index is 0.199. The monoisotopic (exact) mass is 679 g/mol. The second kappa shape index (κ2) is 13.0. The van der Waals surface area contributed by atoms with Crippen LogP contribution >= 0.6 is 0 Å². The van der Waals surface area contributed by atoms with E-state index in [4.69, 9.17) is 14.2 Å². The first-order valence-corrected chi connectivity index (χ1v) is 22.4. The number of rotatable bonds is 6. The predicted molar refractivity (Wildman–Crippen MR) is 201 cm³/mol. The summed E-state index contributed by atoms with van der Waals surface area (Å²) in [6.07, 6.45) is 25.7. The average Bonchev–Trinajstić information content (AvgIpc) is 3.63. The lowest BCUT2D eigenvalue weighted by Crippen LogP contribution is -2.62. The van der Waals surface area contributed by atoms with Crippen LogP contribution in [0, 0.1) is 81.3 Å². The molecule has 8 fully saturated rings. The van der Waals surface area contributed by atoms with Crippen LogP contribution in [-0.2, 0) is 14.2 Å². The summed E-state index contributed by atoms with van der Waals surface area (Å²) >= 11 is 0. The van der Waals surface area contributed by atoms with Crippen LogP contribution < -0.4 is 0 Å². The summed E-state index contributed by atoms with van der Waals surface area (Å²) in [4.78, 5) is 0. The van der Waals surface area contributed by atoms with Crippen molar-refractivity contribution in [2.24, 2.45) is 81.3 Å². The van der Waals surface area contributed by atoms with Gasteiger partial charge in [-0.1, -0.05) is 81.6 Å². The van der Waals surface area contributed by atoms with Gasteiger partial charge in [-0.2, -0.15) is 0 Å². The third-order valence-corrected chi connectivity index (χ3v) is 19.0. The Bertz CT molecular complexity index is 1140. The quantitative estimate of drug-likeness (QED) is 0.280. The first-order chi connectivity index (χ1) is 23.4. The van der Waals surface area contributed by atoms with Gasteiger partial charge in [-0.3, -0.25) is 0 Å². The normalized spacial score (nSPS) is 49.8. The van der Waals surface area contributed by atoms with Gasteiger partial charge < -0.3 is 14.2 Å². The maximum absolute atomic E-state index is 8.02. The van der Waals surface area contributed by atoms with Crippen molar-refractivity contribution < 1.29 is 14.2 Å². The molecule has 49 heavy (non-hydrogen) atoms. The van der Waals surface area contributed by atoms with E-state index in [1.807, 2.05) is 0 Å². The molecule has 3 nitrogen and oxygen atoms in total. The lowest BCUT2D eigenvalue weighted by atomic mass is 9.51. The molecule has 2 heterocycles. The van der Waals surface area contributed by atoms with Gasteiger partial charge in [0.05, 0.1) is 24.4 Å². The maximum Gasteiger partial charge on any atom is 0.175 e. The van der Waals surface area contributed by atoms with Crippen molar-refractivity contribution in [2.75, 3.05) is 0 Å². The van der Waals surface area contributed by atoms with Gasteiger partial charge in [-0.05, 0) is 159 Å². The fraction of sp³-hybridized carbons (Fsp3) is 1.00. The van der Waals surface area contributed by atoms with Crippen molar-refractivity contribution in [3.8, 4) is 0 Å². The number of hydrogen-bond acceptors (Lipinski definition) is 3. The number of ether oxygens (including phenoxy) is 3. The van der Waals surface area contributed by atoms with Gasteiger partial charge in [0.15, 0.2) is 5.79 Å². The molecule has 0 N–H and O–H groups in total. The molecule has 8 aliphatic rings. The van der Waals surface area contributed by atoms with Gasteiger partial charge in [0.1, 0.15) is 0 Å². The molecule has 6 saturated carbocycles. The van der Waals surface area contributed by atoms with E-state index in [1.54, 1.807) is 0 Å². The van der Waals surface area contributed by atoms with Gasteiger partial charge in [0, 0.05) is 18.3 Å². The summed E-state index contributed by atoms with van der Waals surface area (Å²) in [6, 6.07) is 0. The molecule has 2 aliphatic heterocycles. The Morgan fingerprint density at radius 1 is 0.510 bits per heavy atom. The highest BCUT2D eigenvalue weighted by atomic mass is 16.7. The fourth-order valence-corrected chi connectivity index (χ4v) is 15.2. The van der Waals surface area contributed by atoms with Crippen molar-refractivity contribution in [1.29, 1.82) is 0 Å². The minimum atomic E-state index is -0.407. The molecule has 1 spiro atoms. The van der Waals surface area contributed by atoms with Gasteiger partial charge in [0.25, 0.3) is 0 Å². The molecule has 0 aromatic rings. The Hall–Kier alpha value is -0.120.